The number of nitrogens with zero attached hydrogens (tertiary/aromatic N) is 1. The Labute approximate surface area is 184 Å². The molecule has 31 heavy (non-hydrogen) atoms. The van der Waals surface area contributed by atoms with Crippen LogP contribution in [0.4, 0.5) is 10.1 Å². The minimum Gasteiger partial charge on any atom is -0.491 e. The number of hydrogen-bond acceptors (Lipinski definition) is 5. The Hall–Kier alpha value is -2.97. The molecule has 0 aliphatic carbocycles. The number of benzene rings is 2. The first kappa shape index (κ1) is 22.7. The Kier molecular flexibility index (Phi) is 7.25. The molecule has 1 heterocycles. The predicted octanol–water partition coefficient (Wildman–Crippen LogP) is 3.56. The Balaban J connectivity index is 1.67. The Bertz CT molecular complexity index is 1010. The lowest BCUT2D eigenvalue weighted by atomic mass is 10.1. The maximum Gasteiger partial charge on any atom is 0.257 e. The number of rotatable bonds is 6. The van der Waals surface area contributed by atoms with E-state index in [2.05, 4.69) is 5.32 Å². The van der Waals surface area contributed by atoms with E-state index in [1.807, 2.05) is 0 Å². The van der Waals surface area contributed by atoms with Gasteiger partial charge in [-0.3, -0.25) is 14.4 Å². The van der Waals surface area contributed by atoms with Crippen LogP contribution >= 0.6 is 11.6 Å². The van der Waals surface area contributed by atoms with Crippen molar-refractivity contribution in [3.8, 4) is 5.75 Å². The van der Waals surface area contributed by atoms with Gasteiger partial charge in [-0.25, -0.2) is 4.39 Å². The van der Waals surface area contributed by atoms with Gasteiger partial charge in [0.1, 0.15) is 24.3 Å². The summed E-state index contributed by atoms with van der Waals surface area (Å²) >= 11 is 6.24. The smallest absolute Gasteiger partial charge is 0.257 e. The van der Waals surface area contributed by atoms with Crippen molar-refractivity contribution >= 4 is 34.9 Å². The van der Waals surface area contributed by atoms with Crippen LogP contribution < -0.4 is 10.1 Å². The summed E-state index contributed by atoms with van der Waals surface area (Å²) in [6.07, 6.45) is -0.444. The number of Topliss-reactive ketones (excluding diaryl/α,β-unsaturated/α-hetero) is 1. The number of carbonyl (C=O) groups is 3. The van der Waals surface area contributed by atoms with Crippen LogP contribution in [-0.4, -0.2) is 54.9 Å². The summed E-state index contributed by atoms with van der Waals surface area (Å²) in [4.78, 5) is 37.5. The fraction of sp³-hybridized carbons (Fsp3) is 0.318. The molecule has 1 atom stereocenters. The zero-order chi connectivity index (χ0) is 22.5. The summed E-state index contributed by atoms with van der Waals surface area (Å²) < 4.78 is 25.2. The molecule has 2 amide bonds. The van der Waals surface area contributed by atoms with Crippen LogP contribution in [0.5, 0.6) is 5.75 Å². The Morgan fingerprint density at radius 2 is 2.03 bits per heavy atom. The minimum atomic E-state index is -0.657. The van der Waals surface area contributed by atoms with Gasteiger partial charge in [0.2, 0.25) is 5.91 Å². The second-order valence-electron chi connectivity index (χ2n) is 7.10. The summed E-state index contributed by atoms with van der Waals surface area (Å²) in [5.74, 6) is -1.41. The van der Waals surface area contributed by atoms with Crippen molar-refractivity contribution in [1.82, 2.24) is 4.90 Å². The van der Waals surface area contributed by atoms with Gasteiger partial charge in [-0.15, -0.1) is 0 Å². The van der Waals surface area contributed by atoms with Gasteiger partial charge in [0.05, 0.1) is 35.0 Å². The number of anilines is 1. The van der Waals surface area contributed by atoms with Crippen LogP contribution in [0.25, 0.3) is 0 Å². The molecule has 1 aliphatic heterocycles. The van der Waals surface area contributed by atoms with E-state index in [0.717, 1.165) is 6.07 Å². The first-order valence-corrected chi connectivity index (χ1v) is 10.0. The van der Waals surface area contributed by atoms with Crippen molar-refractivity contribution in [1.29, 1.82) is 0 Å². The molecule has 0 aromatic heterocycles. The molecule has 1 N–H and O–H groups in total. The van der Waals surface area contributed by atoms with Crippen molar-refractivity contribution < 1.29 is 28.2 Å². The first-order valence-electron chi connectivity index (χ1n) is 9.66. The van der Waals surface area contributed by atoms with Crippen molar-refractivity contribution in [3.05, 3.63) is 58.4 Å². The molecule has 0 bridgehead atoms. The second kappa shape index (κ2) is 9.89. The number of carbonyl (C=O) groups excluding carboxylic acids is 3. The van der Waals surface area contributed by atoms with E-state index in [-0.39, 0.29) is 59.3 Å². The lowest BCUT2D eigenvalue weighted by Gasteiger charge is -2.33. The monoisotopic (exact) mass is 448 g/mol. The first-order chi connectivity index (χ1) is 14.8. The van der Waals surface area contributed by atoms with Gasteiger partial charge >= 0.3 is 0 Å². The standard InChI is InChI=1S/C22H22ClFN2O5/c1-13(27)17-7-6-15(10-19(17)24)31-12-16-11-26(8-9-30-16)22(29)21-18(23)4-3-5-20(21)25-14(2)28/h3-7,10,16H,8-9,11-12H2,1-2H3,(H,25,28). The highest BCUT2D eigenvalue weighted by Crippen LogP contribution is 2.27. The number of ether oxygens (including phenoxy) is 2. The molecule has 0 spiro atoms. The zero-order valence-corrected chi connectivity index (χ0v) is 17.9. The lowest BCUT2D eigenvalue weighted by molar-refractivity contribution is -0.114. The quantitative estimate of drug-likeness (QED) is 0.683. The molecule has 9 heteroatoms. The summed E-state index contributed by atoms with van der Waals surface area (Å²) in [5.41, 5.74) is 0.543. The number of ketones is 1. The van der Waals surface area contributed by atoms with E-state index in [9.17, 15) is 18.8 Å². The van der Waals surface area contributed by atoms with Crippen LogP contribution in [0.2, 0.25) is 5.02 Å². The van der Waals surface area contributed by atoms with Gasteiger partial charge in [0.25, 0.3) is 5.91 Å². The fourth-order valence-corrected chi connectivity index (χ4v) is 3.51. The van der Waals surface area contributed by atoms with E-state index in [1.54, 1.807) is 23.1 Å². The van der Waals surface area contributed by atoms with E-state index in [0.29, 0.717) is 12.2 Å². The van der Waals surface area contributed by atoms with E-state index < -0.39 is 11.9 Å². The molecular weight excluding hydrogens is 427 g/mol. The van der Waals surface area contributed by atoms with Crippen molar-refractivity contribution in [2.45, 2.75) is 20.0 Å². The molecule has 7 nitrogen and oxygen atoms in total. The molecule has 2 aromatic rings. The molecule has 1 saturated heterocycles. The number of morpholine rings is 1. The van der Waals surface area contributed by atoms with Crippen LogP contribution in [-0.2, 0) is 9.53 Å². The highest BCUT2D eigenvalue weighted by atomic mass is 35.5. The molecule has 1 unspecified atom stereocenters. The van der Waals surface area contributed by atoms with Crippen molar-refractivity contribution in [2.75, 3.05) is 31.6 Å². The molecule has 1 fully saturated rings. The molecule has 3 rings (SSSR count). The highest BCUT2D eigenvalue weighted by Gasteiger charge is 2.28. The molecule has 1 aliphatic rings. The average molecular weight is 449 g/mol. The van der Waals surface area contributed by atoms with Crippen LogP contribution in [0, 0.1) is 5.82 Å². The number of halogens is 2. The average Bonchev–Trinajstić information content (AvgIpc) is 2.71. The number of amides is 2. The van der Waals surface area contributed by atoms with Crippen LogP contribution in [0.3, 0.4) is 0 Å². The van der Waals surface area contributed by atoms with Crippen molar-refractivity contribution in [3.63, 3.8) is 0 Å². The van der Waals surface area contributed by atoms with Gasteiger partial charge in [-0.05, 0) is 31.2 Å². The lowest BCUT2D eigenvalue weighted by Crippen LogP contribution is -2.47. The van der Waals surface area contributed by atoms with Gasteiger partial charge in [0, 0.05) is 19.5 Å². The zero-order valence-electron chi connectivity index (χ0n) is 17.1. The van der Waals surface area contributed by atoms with Crippen LogP contribution in [0.1, 0.15) is 34.6 Å². The summed E-state index contributed by atoms with van der Waals surface area (Å²) in [7, 11) is 0. The fourth-order valence-electron chi connectivity index (χ4n) is 3.26. The summed E-state index contributed by atoms with van der Waals surface area (Å²) in [6, 6.07) is 8.87. The Morgan fingerprint density at radius 3 is 2.71 bits per heavy atom. The van der Waals surface area contributed by atoms with E-state index in [1.165, 1.54) is 26.0 Å². The third-order valence-corrected chi connectivity index (χ3v) is 5.03. The van der Waals surface area contributed by atoms with E-state index in [4.69, 9.17) is 21.1 Å². The largest absolute Gasteiger partial charge is 0.491 e. The Morgan fingerprint density at radius 1 is 1.26 bits per heavy atom. The molecule has 0 saturated carbocycles. The molecule has 0 radical (unpaired) electrons. The van der Waals surface area contributed by atoms with Gasteiger partial charge in [-0.1, -0.05) is 17.7 Å². The van der Waals surface area contributed by atoms with Crippen LogP contribution in [0.15, 0.2) is 36.4 Å². The molecular formula is C22H22ClFN2O5. The molecule has 164 valence electrons. The topological polar surface area (TPSA) is 84.9 Å². The summed E-state index contributed by atoms with van der Waals surface area (Å²) in [6.45, 7) is 3.60. The second-order valence-corrected chi connectivity index (χ2v) is 7.50. The van der Waals surface area contributed by atoms with E-state index >= 15 is 0 Å². The third kappa shape index (κ3) is 5.59. The normalized spacial score (nSPS) is 16.0. The van der Waals surface area contributed by atoms with Gasteiger partial charge < -0.3 is 19.7 Å². The minimum absolute atomic E-state index is 0.00671. The molecule has 2 aromatic carbocycles. The highest BCUT2D eigenvalue weighted by molar-refractivity contribution is 6.34. The third-order valence-electron chi connectivity index (χ3n) is 4.72. The number of nitrogens with one attached hydrogen (secondary N) is 1. The van der Waals surface area contributed by atoms with Gasteiger partial charge in [-0.2, -0.15) is 0 Å². The predicted molar refractivity (Wildman–Crippen MR) is 113 cm³/mol. The maximum atomic E-state index is 14.0. The maximum absolute atomic E-state index is 14.0. The SMILES string of the molecule is CC(=O)Nc1cccc(Cl)c1C(=O)N1CCOC(COc2ccc(C(C)=O)c(F)c2)C1. The summed E-state index contributed by atoms with van der Waals surface area (Å²) in [5, 5.41) is 2.86. The van der Waals surface area contributed by atoms with Gasteiger partial charge in [0.15, 0.2) is 5.78 Å². The number of hydrogen-bond donors (Lipinski definition) is 1. The van der Waals surface area contributed by atoms with Crippen molar-refractivity contribution in [2.24, 2.45) is 0 Å².